The molecule has 0 amide bonds. The van der Waals surface area contributed by atoms with E-state index in [2.05, 4.69) is 51.2 Å². The molecule has 0 aliphatic carbocycles. The van der Waals surface area contributed by atoms with Crippen LogP contribution in [0.5, 0.6) is 5.75 Å². The normalized spacial score (nSPS) is 18.9. The molecule has 1 aliphatic heterocycles. The summed E-state index contributed by atoms with van der Waals surface area (Å²) in [5, 5.41) is 3.54. The van der Waals surface area contributed by atoms with Crippen LogP contribution in [0.15, 0.2) is 18.2 Å². The van der Waals surface area contributed by atoms with E-state index in [0.29, 0.717) is 6.04 Å². The van der Waals surface area contributed by atoms with Crippen LogP contribution >= 0.6 is 0 Å². The zero-order valence-corrected chi connectivity index (χ0v) is 11.3. The Balaban J connectivity index is 2.24. The second-order valence-corrected chi connectivity index (χ2v) is 5.82. The van der Waals surface area contributed by atoms with Gasteiger partial charge in [-0.05, 0) is 36.1 Å². The largest absolute Gasteiger partial charge is 0.491 e. The number of nitrogens with one attached hydrogen (secondary N) is 1. The maximum absolute atomic E-state index is 5.71. The maximum atomic E-state index is 5.71. The van der Waals surface area contributed by atoms with Gasteiger partial charge in [0.05, 0.1) is 6.04 Å². The van der Waals surface area contributed by atoms with Crippen LogP contribution in [-0.4, -0.2) is 13.2 Å². The Kier molecular flexibility index (Phi) is 3.43. The van der Waals surface area contributed by atoms with Crippen molar-refractivity contribution in [3.8, 4) is 5.75 Å². The minimum atomic E-state index is 0.201. The van der Waals surface area contributed by atoms with Gasteiger partial charge in [-0.3, -0.25) is 0 Å². The average molecular weight is 233 g/mol. The summed E-state index contributed by atoms with van der Waals surface area (Å²) in [7, 11) is 0. The zero-order valence-electron chi connectivity index (χ0n) is 11.3. The fraction of sp³-hybridized carbons (Fsp3) is 0.600. The lowest BCUT2D eigenvalue weighted by molar-refractivity contribution is 0.311. The van der Waals surface area contributed by atoms with E-state index in [1.807, 2.05) is 0 Å². The van der Waals surface area contributed by atoms with Gasteiger partial charge in [-0.25, -0.2) is 0 Å². The van der Waals surface area contributed by atoms with Crippen molar-refractivity contribution in [1.29, 1.82) is 0 Å². The van der Waals surface area contributed by atoms with Gasteiger partial charge in [-0.2, -0.15) is 0 Å². The van der Waals surface area contributed by atoms with Crippen molar-refractivity contribution in [2.45, 2.75) is 45.6 Å². The molecule has 1 unspecified atom stereocenters. The van der Waals surface area contributed by atoms with Crippen LogP contribution in [0, 0.1) is 0 Å². The number of hydrogen-bond acceptors (Lipinski definition) is 2. The number of hydrogen-bond donors (Lipinski definition) is 1. The average Bonchev–Trinajstić information content (AvgIpc) is 2.67. The molecule has 17 heavy (non-hydrogen) atoms. The molecule has 1 heterocycles. The third-order valence-electron chi connectivity index (χ3n) is 3.30. The molecule has 1 aromatic carbocycles. The first-order chi connectivity index (χ1) is 8.02. The van der Waals surface area contributed by atoms with Crippen LogP contribution < -0.4 is 10.1 Å². The SMILES string of the molecule is CCCNC1COc2ccc(C(C)(C)C)cc21. The summed E-state index contributed by atoms with van der Waals surface area (Å²) < 4.78 is 5.71. The highest BCUT2D eigenvalue weighted by Gasteiger charge is 2.25. The molecular weight excluding hydrogens is 210 g/mol. The van der Waals surface area contributed by atoms with Gasteiger partial charge < -0.3 is 10.1 Å². The van der Waals surface area contributed by atoms with Gasteiger partial charge in [0, 0.05) is 5.56 Å². The molecule has 1 aromatic rings. The summed E-state index contributed by atoms with van der Waals surface area (Å²) in [5.74, 6) is 1.05. The van der Waals surface area contributed by atoms with Crippen LogP contribution in [0.25, 0.3) is 0 Å². The molecule has 1 N–H and O–H groups in total. The number of fused-ring (bicyclic) bond motifs is 1. The number of benzene rings is 1. The molecule has 0 radical (unpaired) electrons. The van der Waals surface area contributed by atoms with Gasteiger partial charge in [0.2, 0.25) is 0 Å². The van der Waals surface area contributed by atoms with E-state index < -0.39 is 0 Å². The molecule has 0 aromatic heterocycles. The van der Waals surface area contributed by atoms with Gasteiger partial charge >= 0.3 is 0 Å². The first-order valence-corrected chi connectivity index (χ1v) is 6.53. The first-order valence-electron chi connectivity index (χ1n) is 6.53. The monoisotopic (exact) mass is 233 g/mol. The summed E-state index contributed by atoms with van der Waals surface area (Å²) in [6.45, 7) is 10.8. The highest BCUT2D eigenvalue weighted by atomic mass is 16.5. The summed E-state index contributed by atoms with van der Waals surface area (Å²) in [5.41, 5.74) is 2.91. The summed E-state index contributed by atoms with van der Waals surface area (Å²) >= 11 is 0. The Morgan fingerprint density at radius 2 is 2.12 bits per heavy atom. The lowest BCUT2D eigenvalue weighted by Crippen LogP contribution is -2.23. The summed E-state index contributed by atoms with van der Waals surface area (Å²) in [4.78, 5) is 0. The third-order valence-corrected chi connectivity index (χ3v) is 3.30. The van der Waals surface area contributed by atoms with Crippen molar-refractivity contribution in [1.82, 2.24) is 5.32 Å². The van der Waals surface area contributed by atoms with Crippen molar-refractivity contribution in [3.63, 3.8) is 0 Å². The molecule has 2 rings (SSSR count). The van der Waals surface area contributed by atoms with Crippen LogP contribution in [0.2, 0.25) is 0 Å². The first kappa shape index (κ1) is 12.4. The van der Waals surface area contributed by atoms with E-state index in [9.17, 15) is 0 Å². The molecule has 1 atom stereocenters. The lowest BCUT2D eigenvalue weighted by Gasteiger charge is -2.20. The highest BCUT2D eigenvalue weighted by Crippen LogP contribution is 2.35. The van der Waals surface area contributed by atoms with Crippen LogP contribution in [0.4, 0.5) is 0 Å². The molecule has 94 valence electrons. The summed E-state index contributed by atoms with van der Waals surface area (Å²) in [6.07, 6.45) is 1.16. The molecule has 0 saturated carbocycles. The fourth-order valence-electron chi connectivity index (χ4n) is 2.17. The Bertz CT molecular complexity index is 392. The Morgan fingerprint density at radius 1 is 1.35 bits per heavy atom. The Morgan fingerprint density at radius 3 is 2.76 bits per heavy atom. The smallest absolute Gasteiger partial charge is 0.124 e. The highest BCUT2D eigenvalue weighted by molar-refractivity contribution is 5.44. The van der Waals surface area contributed by atoms with Gasteiger partial charge in [-0.15, -0.1) is 0 Å². The van der Waals surface area contributed by atoms with E-state index in [1.54, 1.807) is 0 Å². The molecule has 0 saturated heterocycles. The van der Waals surface area contributed by atoms with Gasteiger partial charge in [0.15, 0.2) is 0 Å². The van der Waals surface area contributed by atoms with E-state index in [0.717, 1.165) is 25.3 Å². The number of ether oxygens (including phenoxy) is 1. The minimum absolute atomic E-state index is 0.201. The fourth-order valence-corrected chi connectivity index (χ4v) is 2.17. The molecule has 0 spiro atoms. The molecule has 0 bridgehead atoms. The predicted molar refractivity (Wildman–Crippen MR) is 71.7 cm³/mol. The minimum Gasteiger partial charge on any atom is -0.491 e. The molecule has 0 fully saturated rings. The molecule has 2 nitrogen and oxygen atoms in total. The standard InChI is InChI=1S/C15H23NO/c1-5-8-16-13-10-17-14-7-6-11(9-12(13)14)15(2,3)4/h6-7,9,13,16H,5,8,10H2,1-4H3. The third kappa shape index (κ3) is 2.63. The van der Waals surface area contributed by atoms with Crippen molar-refractivity contribution >= 4 is 0 Å². The van der Waals surface area contributed by atoms with Gasteiger partial charge in [0.1, 0.15) is 12.4 Å². The van der Waals surface area contributed by atoms with Crippen molar-refractivity contribution in [2.75, 3.05) is 13.2 Å². The van der Waals surface area contributed by atoms with E-state index in [1.165, 1.54) is 11.1 Å². The molecule has 2 heteroatoms. The summed E-state index contributed by atoms with van der Waals surface area (Å²) in [6, 6.07) is 6.97. The van der Waals surface area contributed by atoms with Gasteiger partial charge in [-0.1, -0.05) is 33.8 Å². The van der Waals surface area contributed by atoms with Crippen LogP contribution in [-0.2, 0) is 5.41 Å². The topological polar surface area (TPSA) is 21.3 Å². The number of rotatable bonds is 3. The second-order valence-electron chi connectivity index (χ2n) is 5.82. The van der Waals surface area contributed by atoms with Crippen molar-refractivity contribution in [2.24, 2.45) is 0 Å². The van der Waals surface area contributed by atoms with E-state index >= 15 is 0 Å². The van der Waals surface area contributed by atoms with Crippen LogP contribution in [0.3, 0.4) is 0 Å². The van der Waals surface area contributed by atoms with Crippen molar-refractivity contribution in [3.05, 3.63) is 29.3 Å². The lowest BCUT2D eigenvalue weighted by atomic mass is 9.85. The predicted octanol–water partition coefficient (Wildman–Crippen LogP) is 3.42. The van der Waals surface area contributed by atoms with Crippen LogP contribution in [0.1, 0.15) is 51.3 Å². The maximum Gasteiger partial charge on any atom is 0.124 e. The Labute approximate surface area is 104 Å². The Hall–Kier alpha value is -1.02. The quantitative estimate of drug-likeness (QED) is 0.863. The van der Waals surface area contributed by atoms with Gasteiger partial charge in [0.25, 0.3) is 0 Å². The van der Waals surface area contributed by atoms with E-state index in [-0.39, 0.29) is 5.41 Å². The molecule has 1 aliphatic rings. The van der Waals surface area contributed by atoms with E-state index in [4.69, 9.17) is 4.74 Å². The molecular formula is C15H23NO. The second kappa shape index (κ2) is 4.69. The van der Waals surface area contributed by atoms with Crippen molar-refractivity contribution < 1.29 is 4.74 Å². The zero-order chi connectivity index (χ0) is 12.5.